The van der Waals surface area contributed by atoms with Crippen LogP contribution in [0, 0.1) is 0 Å². The van der Waals surface area contributed by atoms with E-state index in [0.717, 1.165) is 5.56 Å². The second kappa shape index (κ2) is 9.92. The number of benzene rings is 2. The van der Waals surface area contributed by atoms with Crippen LogP contribution >= 0.6 is 11.6 Å². The van der Waals surface area contributed by atoms with Crippen molar-refractivity contribution in [2.45, 2.75) is 12.5 Å². The van der Waals surface area contributed by atoms with Crippen LogP contribution in [0.3, 0.4) is 0 Å². The number of hydrogen-bond donors (Lipinski definition) is 2. The van der Waals surface area contributed by atoms with E-state index in [1.165, 1.54) is 9.80 Å². The minimum Gasteiger partial charge on any atom is -0.354 e. The van der Waals surface area contributed by atoms with Gasteiger partial charge in [-0.2, -0.15) is 0 Å². The molecule has 2 aliphatic heterocycles. The molecule has 0 saturated carbocycles. The van der Waals surface area contributed by atoms with E-state index in [2.05, 4.69) is 17.2 Å². The molecule has 2 aromatic carbocycles. The first-order chi connectivity index (χ1) is 16.0. The van der Waals surface area contributed by atoms with Crippen molar-refractivity contribution in [3.05, 3.63) is 94.7 Å². The Bertz CT molecular complexity index is 1120. The molecule has 7 nitrogen and oxygen atoms in total. The highest BCUT2D eigenvalue weighted by Crippen LogP contribution is 2.36. The number of halogens is 1. The van der Waals surface area contributed by atoms with Gasteiger partial charge in [-0.3, -0.25) is 14.5 Å². The first-order valence-electron chi connectivity index (χ1n) is 10.7. The number of carbonyl (C=O) groups is 3. The number of nitrogens with zero attached hydrogens (tertiary/aromatic N) is 2. The Labute approximate surface area is 197 Å². The molecule has 170 valence electrons. The molecule has 0 saturated heterocycles. The monoisotopic (exact) mass is 464 g/mol. The lowest BCUT2D eigenvalue weighted by atomic mass is 9.95. The van der Waals surface area contributed by atoms with Crippen LogP contribution in [-0.2, 0) is 16.0 Å². The second-order valence-electron chi connectivity index (χ2n) is 7.94. The van der Waals surface area contributed by atoms with Gasteiger partial charge in [-0.15, -0.1) is 6.58 Å². The van der Waals surface area contributed by atoms with Crippen molar-refractivity contribution in [2.75, 3.05) is 26.2 Å². The van der Waals surface area contributed by atoms with Crippen molar-refractivity contribution >= 4 is 29.4 Å². The quantitative estimate of drug-likeness (QED) is 0.589. The molecule has 4 amide bonds. The summed E-state index contributed by atoms with van der Waals surface area (Å²) < 4.78 is 0. The predicted molar refractivity (Wildman–Crippen MR) is 126 cm³/mol. The molecule has 33 heavy (non-hydrogen) atoms. The molecule has 0 bridgehead atoms. The highest BCUT2D eigenvalue weighted by Gasteiger charge is 2.44. The van der Waals surface area contributed by atoms with Gasteiger partial charge in [0.1, 0.15) is 6.54 Å². The second-order valence-corrected chi connectivity index (χ2v) is 8.38. The molecule has 2 N–H and O–H groups in total. The van der Waals surface area contributed by atoms with Crippen LogP contribution in [0.15, 0.2) is 78.5 Å². The third-order valence-electron chi connectivity index (χ3n) is 5.70. The molecule has 0 aliphatic carbocycles. The van der Waals surface area contributed by atoms with E-state index in [1.807, 2.05) is 36.4 Å². The number of nitrogens with one attached hydrogen (secondary N) is 2. The van der Waals surface area contributed by atoms with Gasteiger partial charge >= 0.3 is 6.03 Å². The van der Waals surface area contributed by atoms with Crippen LogP contribution in [0.5, 0.6) is 0 Å². The van der Waals surface area contributed by atoms with Crippen molar-refractivity contribution in [1.29, 1.82) is 0 Å². The number of rotatable bonds is 8. The van der Waals surface area contributed by atoms with Crippen molar-refractivity contribution in [1.82, 2.24) is 20.4 Å². The molecule has 2 aliphatic rings. The van der Waals surface area contributed by atoms with Gasteiger partial charge in [-0.05, 0) is 29.7 Å². The Morgan fingerprint density at radius 2 is 1.97 bits per heavy atom. The van der Waals surface area contributed by atoms with Gasteiger partial charge in [-0.1, -0.05) is 60.1 Å². The summed E-state index contributed by atoms with van der Waals surface area (Å²) in [5.74, 6) is -0.518. The third-order valence-corrected chi connectivity index (χ3v) is 5.94. The van der Waals surface area contributed by atoms with Crippen LogP contribution in [0.4, 0.5) is 4.79 Å². The predicted octanol–water partition coefficient (Wildman–Crippen LogP) is 3.05. The van der Waals surface area contributed by atoms with Crippen molar-refractivity contribution in [3.8, 4) is 0 Å². The first kappa shape index (κ1) is 22.6. The molecule has 0 radical (unpaired) electrons. The van der Waals surface area contributed by atoms with Crippen molar-refractivity contribution < 1.29 is 14.4 Å². The zero-order valence-electron chi connectivity index (χ0n) is 18.1. The van der Waals surface area contributed by atoms with Crippen LogP contribution in [-0.4, -0.2) is 53.8 Å². The van der Waals surface area contributed by atoms with E-state index in [-0.39, 0.29) is 37.5 Å². The Balaban J connectivity index is 1.48. The zero-order chi connectivity index (χ0) is 23.4. The normalized spacial score (nSPS) is 17.7. The Morgan fingerprint density at radius 3 is 2.70 bits per heavy atom. The summed E-state index contributed by atoms with van der Waals surface area (Å²) in [5, 5.41) is 6.28. The Hall–Kier alpha value is -3.58. The van der Waals surface area contributed by atoms with Gasteiger partial charge in [0.2, 0.25) is 5.91 Å². The standard InChI is InChI=1S/C25H25ClN4O3/c1-2-13-30-20-15-29(16-21(31)27-12-11-17-7-4-3-5-8-17)24(32)22(20)23(28-25(30)33)18-9-6-10-19(26)14-18/h2-10,14,23H,1,11-13,15-16H2,(H,27,31)(H,28,33)/t23-/m1/s1. The van der Waals surface area contributed by atoms with E-state index in [9.17, 15) is 14.4 Å². The number of carbonyl (C=O) groups excluding carboxylic acids is 3. The van der Waals surface area contributed by atoms with Gasteiger partial charge in [-0.25, -0.2) is 4.79 Å². The van der Waals surface area contributed by atoms with Crippen LogP contribution in [0.25, 0.3) is 0 Å². The molecular weight excluding hydrogens is 440 g/mol. The van der Waals surface area contributed by atoms with E-state index < -0.39 is 6.04 Å². The average molecular weight is 465 g/mol. The van der Waals surface area contributed by atoms with Crippen LogP contribution in [0.2, 0.25) is 5.02 Å². The summed E-state index contributed by atoms with van der Waals surface area (Å²) in [7, 11) is 0. The van der Waals surface area contributed by atoms with Crippen molar-refractivity contribution in [3.63, 3.8) is 0 Å². The molecule has 4 rings (SSSR count). The lowest BCUT2D eigenvalue weighted by Gasteiger charge is -2.33. The SMILES string of the molecule is C=CCN1C(=O)N[C@H](c2cccc(Cl)c2)C2=C1CN(CC(=O)NCCc1ccccc1)C2=O. The molecule has 1 atom stereocenters. The molecule has 0 unspecified atom stereocenters. The molecule has 2 heterocycles. The fourth-order valence-corrected chi connectivity index (χ4v) is 4.35. The van der Waals surface area contributed by atoms with E-state index >= 15 is 0 Å². The van der Waals surface area contributed by atoms with E-state index in [0.29, 0.717) is 34.8 Å². The summed E-state index contributed by atoms with van der Waals surface area (Å²) in [6, 6.07) is 16.0. The lowest BCUT2D eigenvalue weighted by molar-refractivity contribution is -0.131. The Kier molecular flexibility index (Phi) is 6.79. The number of amides is 4. The maximum Gasteiger partial charge on any atom is 0.322 e. The molecule has 2 aromatic rings. The van der Waals surface area contributed by atoms with Crippen LogP contribution < -0.4 is 10.6 Å². The summed E-state index contributed by atoms with van der Waals surface area (Å²) in [4.78, 5) is 41.7. The molecule has 0 spiro atoms. The van der Waals surface area contributed by atoms with E-state index in [4.69, 9.17) is 11.6 Å². The summed E-state index contributed by atoms with van der Waals surface area (Å²) in [6.07, 6.45) is 2.31. The third kappa shape index (κ3) is 4.93. The minimum atomic E-state index is -0.633. The minimum absolute atomic E-state index is 0.0843. The van der Waals surface area contributed by atoms with Gasteiger partial charge in [0.15, 0.2) is 0 Å². The fourth-order valence-electron chi connectivity index (χ4n) is 4.15. The number of hydrogen-bond acceptors (Lipinski definition) is 3. The molecule has 0 aromatic heterocycles. The first-order valence-corrected chi connectivity index (χ1v) is 11.1. The molecule has 8 heteroatoms. The highest BCUT2D eigenvalue weighted by molar-refractivity contribution is 6.30. The topological polar surface area (TPSA) is 81.8 Å². The van der Waals surface area contributed by atoms with Gasteiger partial charge < -0.3 is 15.5 Å². The van der Waals surface area contributed by atoms with E-state index in [1.54, 1.807) is 24.3 Å². The van der Waals surface area contributed by atoms with Gasteiger partial charge in [0.05, 0.1) is 23.9 Å². The van der Waals surface area contributed by atoms with Gasteiger partial charge in [0, 0.05) is 18.1 Å². The average Bonchev–Trinajstić information content (AvgIpc) is 3.12. The van der Waals surface area contributed by atoms with Crippen molar-refractivity contribution in [2.24, 2.45) is 0 Å². The number of urea groups is 1. The highest BCUT2D eigenvalue weighted by atomic mass is 35.5. The molecular formula is C25H25ClN4O3. The Morgan fingerprint density at radius 1 is 1.18 bits per heavy atom. The van der Waals surface area contributed by atoms with Gasteiger partial charge in [0.25, 0.3) is 5.91 Å². The largest absolute Gasteiger partial charge is 0.354 e. The molecule has 0 fully saturated rings. The maximum absolute atomic E-state index is 13.3. The summed E-state index contributed by atoms with van der Waals surface area (Å²) in [6.45, 7) is 4.55. The fraction of sp³-hybridized carbons (Fsp3) is 0.240. The lowest BCUT2D eigenvalue weighted by Crippen LogP contribution is -2.47. The summed E-state index contributed by atoms with van der Waals surface area (Å²) >= 11 is 6.15. The zero-order valence-corrected chi connectivity index (χ0v) is 18.8. The smallest absolute Gasteiger partial charge is 0.322 e. The summed E-state index contributed by atoms with van der Waals surface area (Å²) in [5.41, 5.74) is 2.88. The maximum atomic E-state index is 13.3. The van der Waals surface area contributed by atoms with Crippen LogP contribution in [0.1, 0.15) is 17.2 Å².